The molecule has 87 heavy (non-hydrogen) atoms. The number of carbonyl (C=O) groups excluding carboxylic acids is 4. The first-order valence-electron chi connectivity index (χ1n) is 23.1. The number of hydrogen-bond acceptors (Lipinski definition) is 21. The van der Waals surface area contributed by atoms with Gasteiger partial charge in [0.1, 0.15) is 41.5 Å². The van der Waals surface area contributed by atoms with Crippen LogP contribution >= 0.6 is 0 Å². The number of aromatic carboxylic acids is 4. The molecule has 0 bridgehead atoms. The summed E-state index contributed by atoms with van der Waals surface area (Å²) in [6, 6.07) is 18.4. The van der Waals surface area contributed by atoms with E-state index in [4.69, 9.17) is 4.42 Å². The maximum Gasteiger partial charge on any atom is 1.00 e. The van der Waals surface area contributed by atoms with Crippen LogP contribution in [0.25, 0.3) is 33.4 Å². The van der Waals surface area contributed by atoms with Crippen molar-refractivity contribution in [2.45, 2.75) is 61.1 Å². The third kappa shape index (κ3) is 16.9. The Bertz CT molecular complexity index is 4630. The third-order valence-electron chi connectivity index (χ3n) is 12.9. The maximum atomic E-state index is 13.9. The Morgan fingerprint density at radius 2 is 1.05 bits per heavy atom. The van der Waals surface area contributed by atoms with Crippen molar-refractivity contribution >= 4 is 104 Å². The fourth-order valence-corrected chi connectivity index (χ4v) is 13.1. The summed E-state index contributed by atoms with van der Waals surface area (Å²) in [5.41, 5.74) is -2.75. The normalized spacial score (nSPS) is 11.5. The van der Waals surface area contributed by atoms with Crippen molar-refractivity contribution in [2.24, 2.45) is 0 Å². The van der Waals surface area contributed by atoms with Crippen molar-refractivity contribution in [1.29, 1.82) is 0 Å². The van der Waals surface area contributed by atoms with E-state index in [2.05, 4.69) is 25.8 Å². The molecule has 24 nitrogen and oxygen atoms in total. The van der Waals surface area contributed by atoms with Crippen molar-refractivity contribution in [3.63, 3.8) is 0 Å². The van der Waals surface area contributed by atoms with E-state index in [-0.39, 0.29) is 256 Å². The molecule has 0 aromatic heterocycles. The molecule has 5 N–H and O–H groups in total. The predicted octanol–water partition coefficient (Wildman–Crippen LogP) is -17.5. The summed E-state index contributed by atoms with van der Waals surface area (Å²) >= 11 is 0. The molecular weight excluding hydrogens is 1280 g/mol. The van der Waals surface area contributed by atoms with Gasteiger partial charge in [0.05, 0.1) is 51.1 Å². The molecule has 0 fully saturated rings. The summed E-state index contributed by atoms with van der Waals surface area (Å²) in [7, 11) is -20.7. The van der Waals surface area contributed by atoms with Gasteiger partial charge in [-0.15, -0.1) is 6.07 Å². The van der Waals surface area contributed by atoms with Gasteiger partial charge in [-0.1, -0.05) is 40.9 Å². The number of aryl methyl sites for hydroxylation is 4. The second-order valence-corrected chi connectivity index (χ2v) is 24.4. The molecule has 0 radical (unpaired) electrons. The van der Waals surface area contributed by atoms with Crippen molar-refractivity contribution in [1.82, 2.24) is 0 Å². The number of fused-ring (bicyclic) bond motifs is 2. The van der Waals surface area contributed by atoms with Gasteiger partial charge in [-0.25, -0.2) is 38.7 Å². The fraction of sp³-hybridized carbons (Fsp3) is 0.113. The molecule has 0 amide bonds. The van der Waals surface area contributed by atoms with E-state index in [1.54, 1.807) is 19.9 Å². The van der Waals surface area contributed by atoms with Gasteiger partial charge in [-0.3, -0.25) is 9.44 Å². The van der Waals surface area contributed by atoms with Crippen LogP contribution in [0, 0.1) is 47.6 Å². The summed E-state index contributed by atoms with van der Waals surface area (Å²) < 4.78 is 145. The quantitative estimate of drug-likeness (QED) is 0.0259. The number of carbonyl (C=O) groups is 4. The minimum Gasteiger partial charge on any atom is -0.744 e. The molecule has 0 unspecified atom stereocenters. The summed E-state index contributed by atoms with van der Waals surface area (Å²) in [6.45, 7) is 9.03. The number of rotatable bonds is 16. The van der Waals surface area contributed by atoms with Gasteiger partial charge >= 0.3 is 177 Å². The number of aromatic hydroxyl groups is 1. The summed E-state index contributed by atoms with van der Waals surface area (Å²) in [5.74, 6) is -9.49. The molecule has 34 heteroatoms. The molecule has 8 rings (SSSR count). The molecule has 0 saturated carbocycles. The molecule has 6 aromatic rings. The maximum absolute atomic E-state index is 13.9. The van der Waals surface area contributed by atoms with Gasteiger partial charge in [0, 0.05) is 33.5 Å². The zero-order valence-corrected chi connectivity index (χ0v) is 63.8. The van der Waals surface area contributed by atoms with Crippen LogP contribution in [0.5, 0.6) is 5.75 Å². The Morgan fingerprint density at radius 1 is 0.540 bits per heavy atom. The Labute approximate surface area is 630 Å². The number of hydrogen-bond donors (Lipinski definition) is 5. The van der Waals surface area contributed by atoms with Crippen LogP contribution in [-0.2, 0) is 40.3 Å². The van der Waals surface area contributed by atoms with Gasteiger partial charge in [0.25, 0.3) is 20.0 Å². The average molecular weight is 1320 g/mol. The van der Waals surface area contributed by atoms with Gasteiger partial charge < -0.3 is 63.6 Å². The van der Waals surface area contributed by atoms with E-state index in [1.165, 1.54) is 64.1 Å². The van der Waals surface area contributed by atoms with Gasteiger partial charge in [0.15, 0.2) is 0 Å². The summed E-state index contributed by atoms with van der Waals surface area (Å²) in [5, 5.41) is 60.2. The van der Waals surface area contributed by atoms with Crippen LogP contribution in [0.2, 0.25) is 0 Å². The second kappa shape index (κ2) is 30.5. The Hall–Kier alpha value is -3.19. The zero-order chi connectivity index (χ0) is 59.7. The van der Waals surface area contributed by atoms with E-state index < -0.39 is 117 Å². The number of anilines is 4. The first kappa shape index (κ1) is 79.9. The van der Waals surface area contributed by atoms with Crippen LogP contribution < -0.4 is 223 Å². The molecule has 6 aromatic carbocycles. The van der Waals surface area contributed by atoms with Crippen LogP contribution in [0.1, 0.15) is 74.8 Å². The molecule has 0 saturated heterocycles. The molecule has 2 aliphatic rings. The van der Waals surface area contributed by atoms with E-state index in [1.807, 2.05) is 0 Å². The molecule has 0 spiro atoms. The van der Waals surface area contributed by atoms with Crippen molar-refractivity contribution < 1.29 is 274 Å². The summed E-state index contributed by atoms with van der Waals surface area (Å²) in [4.78, 5) is 46.0. The fourth-order valence-electron chi connectivity index (χ4n) is 9.21. The number of benzene rings is 7. The molecule has 1 heterocycles. The Kier molecular flexibility index (Phi) is 28.0. The smallest absolute Gasteiger partial charge is 0.744 e. The summed E-state index contributed by atoms with van der Waals surface area (Å²) in [6.07, 6.45) is 0. The van der Waals surface area contributed by atoms with Crippen molar-refractivity contribution in [3.05, 3.63) is 158 Å². The van der Waals surface area contributed by atoms with E-state index in [0.29, 0.717) is 47.0 Å². The SMILES string of the molecule is Cc1cc(C)c(NS(=O)(=O)c2cc(C(=O)[O-])cc(C(=O)[O-])c2)c(C)c1Nc1[c-]cc2c(-c3ccccc3S(=O)(=O)[O-])c3cc(S(=O)(=O)[O-])c(=[NH+]c4c(C)cc(C)c(NS(=O)(=O)c5cc(C(=O)[O-])cc(C(=O)[O-])c5O)c4C)cc-3oc2c1.[Na+].[Na+].[Na+].[Na+].[Na+].[Na+]. The predicted molar refractivity (Wildman–Crippen MR) is 275 cm³/mol. The monoisotopic (exact) mass is 1320 g/mol. The van der Waals surface area contributed by atoms with E-state index in [9.17, 15) is 87.5 Å². The van der Waals surface area contributed by atoms with Crippen LogP contribution in [0.3, 0.4) is 0 Å². The van der Waals surface area contributed by atoms with Crippen LogP contribution in [-0.4, -0.2) is 71.8 Å². The van der Waals surface area contributed by atoms with Crippen LogP contribution in [0.4, 0.5) is 28.4 Å². The number of carboxylic acids is 4. The third-order valence-corrected chi connectivity index (χ3v) is 17.4. The second-order valence-electron chi connectivity index (χ2n) is 18.3. The molecular formula is C53H38N4Na6O20S4. The molecule has 1 aliphatic carbocycles. The molecule has 420 valence electrons. The minimum atomic E-state index is -5.56. The average Bonchev–Trinajstić information content (AvgIpc) is 3.37. The number of sulfonamides is 2. The van der Waals surface area contributed by atoms with Crippen molar-refractivity contribution in [2.75, 3.05) is 14.8 Å². The molecule has 1 aliphatic heterocycles. The first-order valence-corrected chi connectivity index (χ1v) is 28.9. The minimum absolute atomic E-state index is 0. The van der Waals surface area contributed by atoms with E-state index >= 15 is 0 Å². The first-order chi connectivity index (χ1) is 37.6. The van der Waals surface area contributed by atoms with E-state index in [0.717, 1.165) is 18.2 Å². The molecule has 0 atom stereocenters. The Morgan fingerprint density at radius 3 is 1.59 bits per heavy atom. The Balaban J connectivity index is 0.00000430. The number of nitrogens with one attached hydrogen (secondary N) is 4. The van der Waals surface area contributed by atoms with Gasteiger partial charge in [-0.2, -0.15) is 12.1 Å². The number of carboxylic acid groups (broad SMARTS) is 4. The van der Waals surface area contributed by atoms with Gasteiger partial charge in [0.2, 0.25) is 11.0 Å². The topological polar surface area (TPSA) is 427 Å². The number of phenols is 1. The van der Waals surface area contributed by atoms with Gasteiger partial charge in [-0.05, 0) is 135 Å². The van der Waals surface area contributed by atoms with Crippen LogP contribution in [0.15, 0.2) is 115 Å². The standard InChI is InChI=1S/C53H43N4O20S4.6Na/c1-23-13-25(3)47(56-78(67,68)33-16-29(50(59)60)15-30(17-33)51(61)62)27(5)45(23)54-32-11-12-34-39(20-32)77-40-22-38(42(81(74,75)76)21-36(40)44(34)35-9-7-8-10-41(35)80(71,72)73)55-46-24(2)14-26(4)48(28(46)6)57-79(69,70)43-19-31(52(63)64)18-37(49(43)58)53(65)66;;;;;;/h7-10,12-22,54,56-58H,1-6H3,(H,59,60)(H,61,62)(H,63,64)(H,65,66)(H,71,72,73)(H,74,75,76);;;;;;/q-1;6*+1/p-5. The largest absolute Gasteiger partial charge is 1.00 e. The van der Waals surface area contributed by atoms with Crippen molar-refractivity contribution in [3.8, 4) is 28.2 Å². The zero-order valence-electron chi connectivity index (χ0n) is 48.5.